The summed E-state index contributed by atoms with van der Waals surface area (Å²) in [5, 5.41) is 10.7. The van der Waals surface area contributed by atoms with E-state index in [9.17, 15) is 5.11 Å². The Hall–Kier alpha value is -0.300. The van der Waals surface area contributed by atoms with E-state index in [1.54, 1.807) is 0 Å². The topological polar surface area (TPSA) is 20.2 Å². The molecule has 0 aliphatic heterocycles. The van der Waals surface area contributed by atoms with Gasteiger partial charge in [-0.15, -0.1) is 0 Å². The Balaban J connectivity index is 1.51. The van der Waals surface area contributed by atoms with Crippen molar-refractivity contribution in [1.82, 2.24) is 0 Å². The lowest BCUT2D eigenvalue weighted by atomic mass is 9.47. The summed E-state index contributed by atoms with van der Waals surface area (Å²) in [6.07, 6.45) is 17.2. The van der Waals surface area contributed by atoms with Crippen molar-refractivity contribution < 1.29 is 5.11 Å². The molecule has 0 aromatic rings. The van der Waals surface area contributed by atoms with Crippen LogP contribution >= 0.6 is 0 Å². The number of allylic oxidation sites excluding steroid dienone is 2. The van der Waals surface area contributed by atoms with Crippen LogP contribution in [-0.2, 0) is 0 Å². The summed E-state index contributed by atoms with van der Waals surface area (Å²) in [7, 11) is 0. The van der Waals surface area contributed by atoms with Crippen molar-refractivity contribution in [3.63, 3.8) is 0 Å². The summed E-state index contributed by atoms with van der Waals surface area (Å²) in [6, 6.07) is 0. The average Bonchev–Trinajstić information content (AvgIpc) is 2.99. The lowest BCUT2D eigenvalue weighted by Crippen LogP contribution is -2.51. The molecule has 29 heavy (non-hydrogen) atoms. The van der Waals surface area contributed by atoms with Gasteiger partial charge in [0, 0.05) is 0 Å². The minimum atomic E-state index is -0.428. The fourth-order valence-electron chi connectivity index (χ4n) is 8.71. The third-order valence-corrected chi connectivity index (χ3v) is 10.6. The van der Waals surface area contributed by atoms with Gasteiger partial charge in [0.15, 0.2) is 0 Å². The largest absolute Gasteiger partial charge is 0.390 e. The van der Waals surface area contributed by atoms with E-state index in [1.807, 2.05) is 5.57 Å². The highest BCUT2D eigenvalue weighted by molar-refractivity contribution is 5.28. The van der Waals surface area contributed by atoms with E-state index in [4.69, 9.17) is 0 Å². The molecule has 166 valence electrons. The van der Waals surface area contributed by atoms with Crippen LogP contribution in [0.25, 0.3) is 0 Å². The maximum Gasteiger partial charge on any atom is 0.0623 e. The van der Waals surface area contributed by atoms with Crippen molar-refractivity contribution in [1.29, 1.82) is 0 Å². The van der Waals surface area contributed by atoms with Gasteiger partial charge in [0.05, 0.1) is 5.60 Å². The second-order valence-electron chi connectivity index (χ2n) is 13.0. The molecule has 4 aliphatic carbocycles. The first-order valence-corrected chi connectivity index (χ1v) is 13.0. The Morgan fingerprint density at radius 3 is 2.38 bits per heavy atom. The van der Waals surface area contributed by atoms with E-state index in [2.05, 4.69) is 47.6 Å². The quantitative estimate of drug-likeness (QED) is 0.467. The van der Waals surface area contributed by atoms with Gasteiger partial charge < -0.3 is 5.11 Å². The number of aliphatic hydroxyl groups is 1. The van der Waals surface area contributed by atoms with Gasteiger partial charge in [-0.1, -0.05) is 65.5 Å². The third kappa shape index (κ3) is 3.77. The molecule has 0 amide bonds. The van der Waals surface area contributed by atoms with Crippen LogP contribution < -0.4 is 0 Å². The van der Waals surface area contributed by atoms with Crippen LogP contribution in [0.2, 0.25) is 0 Å². The lowest BCUT2D eigenvalue weighted by molar-refractivity contribution is -0.0848. The Bertz CT molecular complexity index is 630. The molecular formula is C28H48O. The zero-order valence-electron chi connectivity index (χ0n) is 20.3. The molecule has 8 atom stereocenters. The molecule has 3 fully saturated rings. The first-order chi connectivity index (χ1) is 13.6. The summed E-state index contributed by atoms with van der Waals surface area (Å²) in [4.78, 5) is 0. The SMILES string of the molecule is CC(C)CCC[C@@H](C)[C@H]1CC[C@H]2C3=CCC4CC(C)(O)CC[C@]4(C)[C@H]3CC[C@]12C. The minimum Gasteiger partial charge on any atom is -0.390 e. The summed E-state index contributed by atoms with van der Waals surface area (Å²) in [5.41, 5.74) is 2.43. The zero-order chi connectivity index (χ0) is 21.0. The van der Waals surface area contributed by atoms with Crippen molar-refractivity contribution >= 4 is 0 Å². The molecule has 1 N–H and O–H groups in total. The molecule has 0 saturated heterocycles. The van der Waals surface area contributed by atoms with Crippen LogP contribution in [0.4, 0.5) is 0 Å². The molecule has 0 spiro atoms. The van der Waals surface area contributed by atoms with Crippen LogP contribution in [-0.4, -0.2) is 10.7 Å². The van der Waals surface area contributed by atoms with E-state index >= 15 is 0 Å². The molecule has 2 unspecified atom stereocenters. The molecule has 0 bridgehead atoms. The third-order valence-electron chi connectivity index (χ3n) is 10.6. The molecule has 0 aromatic carbocycles. The number of fused-ring (bicyclic) bond motifs is 5. The van der Waals surface area contributed by atoms with Gasteiger partial charge >= 0.3 is 0 Å². The van der Waals surface area contributed by atoms with E-state index in [1.165, 1.54) is 57.8 Å². The molecule has 0 aromatic heterocycles. The summed E-state index contributed by atoms with van der Waals surface area (Å²) >= 11 is 0. The average molecular weight is 401 g/mol. The molecule has 0 radical (unpaired) electrons. The van der Waals surface area contributed by atoms with Gasteiger partial charge in [-0.3, -0.25) is 0 Å². The van der Waals surface area contributed by atoms with Crippen molar-refractivity contribution in [2.24, 2.45) is 46.3 Å². The van der Waals surface area contributed by atoms with E-state index in [0.29, 0.717) is 16.7 Å². The fourth-order valence-corrected chi connectivity index (χ4v) is 8.71. The van der Waals surface area contributed by atoms with Crippen LogP contribution in [0.5, 0.6) is 0 Å². The molecule has 1 heteroatoms. The summed E-state index contributed by atoms with van der Waals surface area (Å²) < 4.78 is 0. The predicted octanol–water partition coefficient (Wildman–Crippen LogP) is 7.78. The Morgan fingerprint density at radius 2 is 1.66 bits per heavy atom. The van der Waals surface area contributed by atoms with Crippen LogP contribution in [0.1, 0.15) is 112 Å². The standard InChI is InChI=1S/C28H48O/c1-19(2)8-7-9-20(3)23-12-13-24-22-11-10-21-18-26(4,29)16-17-27(21,5)25(22)14-15-28(23,24)6/h11,19-21,23-25,29H,7-10,12-18H2,1-6H3/t20-,21?,23-,24+,25+,26?,27+,28-/m1/s1. The van der Waals surface area contributed by atoms with E-state index < -0.39 is 5.60 Å². The van der Waals surface area contributed by atoms with Gasteiger partial charge in [-0.05, 0) is 105 Å². The van der Waals surface area contributed by atoms with Gasteiger partial charge in [0.25, 0.3) is 0 Å². The maximum atomic E-state index is 10.7. The normalized spacial score (nSPS) is 47.9. The maximum absolute atomic E-state index is 10.7. The predicted molar refractivity (Wildman–Crippen MR) is 124 cm³/mol. The molecule has 4 aliphatic rings. The fraction of sp³-hybridized carbons (Fsp3) is 0.929. The highest BCUT2D eigenvalue weighted by Crippen LogP contribution is 2.67. The Labute approximate surface area is 181 Å². The van der Waals surface area contributed by atoms with Crippen molar-refractivity contribution in [2.45, 2.75) is 118 Å². The summed E-state index contributed by atoms with van der Waals surface area (Å²) in [5.74, 6) is 5.00. The van der Waals surface area contributed by atoms with Gasteiger partial charge in [-0.25, -0.2) is 0 Å². The van der Waals surface area contributed by atoms with E-state index in [-0.39, 0.29) is 0 Å². The molecule has 0 heterocycles. The van der Waals surface area contributed by atoms with Crippen LogP contribution in [0.15, 0.2) is 11.6 Å². The number of hydrogen-bond acceptors (Lipinski definition) is 1. The first kappa shape index (κ1) is 21.9. The molecule has 4 rings (SSSR count). The molecular weight excluding hydrogens is 352 g/mol. The molecule has 1 nitrogen and oxygen atoms in total. The second-order valence-corrected chi connectivity index (χ2v) is 13.0. The highest BCUT2D eigenvalue weighted by Gasteiger charge is 2.58. The monoisotopic (exact) mass is 400 g/mol. The zero-order valence-corrected chi connectivity index (χ0v) is 20.3. The number of rotatable bonds is 5. The summed E-state index contributed by atoms with van der Waals surface area (Å²) in [6.45, 7) is 14.6. The van der Waals surface area contributed by atoms with Crippen LogP contribution in [0, 0.1) is 46.3 Å². The van der Waals surface area contributed by atoms with Gasteiger partial charge in [0.1, 0.15) is 0 Å². The smallest absolute Gasteiger partial charge is 0.0623 e. The van der Waals surface area contributed by atoms with Crippen molar-refractivity contribution in [3.05, 3.63) is 11.6 Å². The highest BCUT2D eigenvalue weighted by atomic mass is 16.3. The minimum absolute atomic E-state index is 0.428. The van der Waals surface area contributed by atoms with Crippen LogP contribution in [0.3, 0.4) is 0 Å². The first-order valence-electron chi connectivity index (χ1n) is 13.0. The van der Waals surface area contributed by atoms with E-state index in [0.717, 1.165) is 42.4 Å². The number of hydrogen-bond donors (Lipinski definition) is 1. The Kier molecular flexibility index (Phi) is 5.81. The van der Waals surface area contributed by atoms with Gasteiger partial charge in [-0.2, -0.15) is 0 Å². The van der Waals surface area contributed by atoms with Crippen molar-refractivity contribution in [2.75, 3.05) is 0 Å². The Morgan fingerprint density at radius 1 is 0.931 bits per heavy atom. The van der Waals surface area contributed by atoms with Crippen molar-refractivity contribution in [3.8, 4) is 0 Å². The second kappa shape index (κ2) is 7.68. The lowest BCUT2D eigenvalue weighted by Gasteiger charge is -2.59. The van der Waals surface area contributed by atoms with Gasteiger partial charge in [0.2, 0.25) is 0 Å². The molecule has 3 saturated carbocycles.